The van der Waals surface area contributed by atoms with Gasteiger partial charge in [0.05, 0.1) is 17.8 Å². The average Bonchev–Trinajstić information content (AvgIpc) is 2.54. The molecule has 2 bridgehead atoms. The highest BCUT2D eigenvalue weighted by Crippen LogP contribution is 2.47. The second-order valence-electron chi connectivity index (χ2n) is 3.89. The van der Waals surface area contributed by atoms with E-state index in [1.165, 1.54) is 0 Å². The summed E-state index contributed by atoms with van der Waals surface area (Å²) in [6, 6.07) is 0. The van der Waals surface area contributed by atoms with E-state index in [0.717, 1.165) is 0 Å². The van der Waals surface area contributed by atoms with Crippen LogP contribution in [0.25, 0.3) is 0 Å². The topological polar surface area (TPSA) is 109 Å². The maximum absolute atomic E-state index is 11.5. The Morgan fingerprint density at radius 2 is 1.60 bits per heavy atom. The van der Waals surface area contributed by atoms with Crippen LogP contribution >= 0.6 is 0 Å². The van der Waals surface area contributed by atoms with Gasteiger partial charge in [-0.05, 0) is 0 Å². The Labute approximate surface area is 83.9 Å². The van der Waals surface area contributed by atoms with Gasteiger partial charge in [0.15, 0.2) is 0 Å². The summed E-state index contributed by atoms with van der Waals surface area (Å²) in [7, 11) is 0. The minimum atomic E-state index is -1.38. The lowest BCUT2D eigenvalue weighted by molar-refractivity contribution is -0.158. The molecule has 80 valence electrons. The maximum atomic E-state index is 11.5. The Morgan fingerprint density at radius 3 is 2.07 bits per heavy atom. The molecule has 4 atom stereocenters. The summed E-state index contributed by atoms with van der Waals surface area (Å²) in [5, 5.41) is 17.7. The summed E-state index contributed by atoms with van der Waals surface area (Å²) in [5.41, 5.74) is 0. The standard InChI is InChI=1S/C9H8O6/c10-3-1-2-4(8(12)13)6(9(14)15)5(3)7(2)11/h2,4-6H,1H2,(H,12,13)(H,14,15)/t2-,4-,5-,6+/m1/s1. The fourth-order valence-corrected chi connectivity index (χ4v) is 2.59. The number of carbonyl (C=O) groups is 4. The molecule has 2 aliphatic rings. The van der Waals surface area contributed by atoms with Crippen molar-refractivity contribution in [1.82, 2.24) is 0 Å². The molecule has 0 aromatic heterocycles. The Balaban J connectivity index is 2.44. The number of hydrogen-bond donors (Lipinski definition) is 2. The monoisotopic (exact) mass is 212 g/mol. The minimum absolute atomic E-state index is 0.121. The lowest BCUT2D eigenvalue weighted by atomic mass is 9.79. The van der Waals surface area contributed by atoms with Crippen molar-refractivity contribution in [2.75, 3.05) is 0 Å². The fraction of sp³-hybridized carbons (Fsp3) is 0.556. The molecule has 6 heteroatoms. The van der Waals surface area contributed by atoms with Gasteiger partial charge < -0.3 is 10.2 Å². The van der Waals surface area contributed by atoms with Gasteiger partial charge in [-0.3, -0.25) is 19.2 Å². The van der Waals surface area contributed by atoms with Crippen LogP contribution in [0.3, 0.4) is 0 Å². The molecule has 15 heavy (non-hydrogen) atoms. The first-order valence-electron chi connectivity index (χ1n) is 4.47. The number of fused-ring (bicyclic) bond motifs is 2. The van der Waals surface area contributed by atoms with Crippen LogP contribution in [-0.4, -0.2) is 33.7 Å². The second-order valence-corrected chi connectivity index (χ2v) is 3.89. The Hall–Kier alpha value is -1.72. The van der Waals surface area contributed by atoms with Gasteiger partial charge in [-0.1, -0.05) is 0 Å². The van der Waals surface area contributed by atoms with E-state index >= 15 is 0 Å². The van der Waals surface area contributed by atoms with Crippen LogP contribution in [0, 0.1) is 23.7 Å². The summed E-state index contributed by atoms with van der Waals surface area (Å²) < 4.78 is 0. The van der Waals surface area contributed by atoms with Gasteiger partial charge in [0.2, 0.25) is 0 Å². The third kappa shape index (κ3) is 1.10. The summed E-state index contributed by atoms with van der Waals surface area (Å²) in [6.07, 6.45) is -0.121. The van der Waals surface area contributed by atoms with Crippen molar-refractivity contribution in [3.8, 4) is 0 Å². The van der Waals surface area contributed by atoms with E-state index in [1.54, 1.807) is 0 Å². The quantitative estimate of drug-likeness (QED) is 0.578. The van der Waals surface area contributed by atoms with E-state index in [9.17, 15) is 19.2 Å². The SMILES string of the molecule is O=C1C[C@H]2C(=O)[C@H]1[C@@H](C(=O)O)[C@@H]2C(=O)O. The number of carboxylic acids is 2. The highest BCUT2D eigenvalue weighted by atomic mass is 16.4. The predicted octanol–water partition coefficient (Wildman–Crippen LogP) is -0.824. The number of ketones is 2. The van der Waals surface area contributed by atoms with Gasteiger partial charge in [0.1, 0.15) is 11.6 Å². The van der Waals surface area contributed by atoms with Gasteiger partial charge in [-0.2, -0.15) is 0 Å². The molecular formula is C9H8O6. The summed E-state index contributed by atoms with van der Waals surface area (Å²) in [6.45, 7) is 0. The molecule has 0 aromatic rings. The third-order valence-electron chi connectivity index (χ3n) is 3.19. The zero-order chi connectivity index (χ0) is 11.3. The molecule has 0 heterocycles. The van der Waals surface area contributed by atoms with Crippen LogP contribution in [0.15, 0.2) is 0 Å². The molecule has 2 saturated carbocycles. The van der Waals surface area contributed by atoms with Crippen LogP contribution in [-0.2, 0) is 19.2 Å². The fourth-order valence-electron chi connectivity index (χ4n) is 2.59. The Morgan fingerprint density at radius 1 is 1.07 bits per heavy atom. The number of carbonyl (C=O) groups excluding carboxylic acids is 2. The van der Waals surface area contributed by atoms with Gasteiger partial charge in [-0.25, -0.2) is 0 Å². The molecule has 0 saturated heterocycles. The summed E-state index contributed by atoms with van der Waals surface area (Å²) in [4.78, 5) is 44.4. The Kier molecular flexibility index (Phi) is 1.89. The number of hydrogen-bond acceptors (Lipinski definition) is 4. The smallest absolute Gasteiger partial charge is 0.308 e. The molecule has 0 radical (unpaired) electrons. The lowest BCUT2D eigenvalue weighted by Gasteiger charge is -2.21. The van der Waals surface area contributed by atoms with E-state index in [2.05, 4.69) is 0 Å². The predicted molar refractivity (Wildman–Crippen MR) is 43.9 cm³/mol. The minimum Gasteiger partial charge on any atom is -0.481 e. The first-order valence-corrected chi connectivity index (χ1v) is 4.47. The van der Waals surface area contributed by atoms with Crippen LogP contribution in [0.2, 0.25) is 0 Å². The van der Waals surface area contributed by atoms with Crippen molar-refractivity contribution >= 4 is 23.5 Å². The maximum Gasteiger partial charge on any atom is 0.308 e. The molecule has 2 aliphatic carbocycles. The number of Topliss-reactive ketones (excluding diaryl/α,β-unsaturated/α-hetero) is 2. The number of rotatable bonds is 2. The van der Waals surface area contributed by atoms with Crippen LogP contribution in [0.4, 0.5) is 0 Å². The van der Waals surface area contributed by atoms with Crippen LogP contribution in [0.1, 0.15) is 6.42 Å². The molecule has 0 aromatic carbocycles. The van der Waals surface area contributed by atoms with Gasteiger partial charge in [-0.15, -0.1) is 0 Å². The van der Waals surface area contributed by atoms with E-state index in [4.69, 9.17) is 10.2 Å². The molecule has 0 spiro atoms. The highest BCUT2D eigenvalue weighted by molar-refractivity contribution is 6.16. The lowest BCUT2D eigenvalue weighted by Crippen LogP contribution is -2.38. The van der Waals surface area contributed by atoms with Crippen molar-refractivity contribution in [3.05, 3.63) is 0 Å². The molecule has 2 fully saturated rings. The average molecular weight is 212 g/mol. The molecule has 2 rings (SSSR count). The van der Waals surface area contributed by atoms with Crippen molar-refractivity contribution in [2.24, 2.45) is 23.7 Å². The largest absolute Gasteiger partial charge is 0.481 e. The van der Waals surface area contributed by atoms with Crippen molar-refractivity contribution in [2.45, 2.75) is 6.42 Å². The van der Waals surface area contributed by atoms with E-state index in [-0.39, 0.29) is 6.42 Å². The number of aliphatic carboxylic acids is 2. The van der Waals surface area contributed by atoms with Crippen molar-refractivity contribution in [1.29, 1.82) is 0 Å². The molecular weight excluding hydrogens is 204 g/mol. The molecule has 0 aliphatic heterocycles. The normalized spacial score (nSPS) is 38.4. The highest BCUT2D eigenvalue weighted by Gasteiger charge is 2.63. The van der Waals surface area contributed by atoms with Crippen molar-refractivity contribution < 1.29 is 29.4 Å². The summed E-state index contributed by atoms with van der Waals surface area (Å²) in [5.74, 6) is -8.41. The van der Waals surface area contributed by atoms with E-state index in [0.29, 0.717) is 0 Å². The number of carboxylic acid groups (broad SMARTS) is 2. The third-order valence-corrected chi connectivity index (χ3v) is 3.19. The van der Waals surface area contributed by atoms with Gasteiger partial charge >= 0.3 is 11.9 Å². The first-order chi connectivity index (χ1) is 6.95. The zero-order valence-electron chi connectivity index (χ0n) is 7.54. The van der Waals surface area contributed by atoms with Crippen molar-refractivity contribution in [3.63, 3.8) is 0 Å². The molecule has 2 N–H and O–H groups in total. The van der Waals surface area contributed by atoms with E-state index < -0.39 is 47.2 Å². The van der Waals surface area contributed by atoms with Gasteiger partial charge in [0.25, 0.3) is 0 Å². The van der Waals surface area contributed by atoms with E-state index in [1.807, 2.05) is 0 Å². The Bertz CT molecular complexity index is 384. The molecule has 0 amide bonds. The molecule has 0 unspecified atom stereocenters. The van der Waals surface area contributed by atoms with Gasteiger partial charge in [0, 0.05) is 12.3 Å². The van der Waals surface area contributed by atoms with Crippen LogP contribution in [0.5, 0.6) is 0 Å². The molecule has 6 nitrogen and oxygen atoms in total. The summed E-state index contributed by atoms with van der Waals surface area (Å²) >= 11 is 0. The van der Waals surface area contributed by atoms with Crippen LogP contribution < -0.4 is 0 Å². The second kappa shape index (κ2) is 2.88. The zero-order valence-corrected chi connectivity index (χ0v) is 7.54. The first kappa shape index (κ1) is 9.82.